The topological polar surface area (TPSA) is 115 Å². The van der Waals surface area contributed by atoms with Gasteiger partial charge >= 0.3 is 6.09 Å². The van der Waals surface area contributed by atoms with Gasteiger partial charge in [0.2, 0.25) is 5.88 Å². The van der Waals surface area contributed by atoms with E-state index in [4.69, 9.17) is 15.2 Å². The van der Waals surface area contributed by atoms with E-state index in [1.165, 1.54) is 6.20 Å². The maximum atomic E-state index is 15.3. The first-order valence-corrected chi connectivity index (χ1v) is 10.9. The summed E-state index contributed by atoms with van der Waals surface area (Å²) in [5.74, 6) is 0.0572. The third-order valence-electron chi connectivity index (χ3n) is 6.11. The van der Waals surface area contributed by atoms with Crippen molar-refractivity contribution in [3.05, 3.63) is 35.9 Å². The molecule has 4 heterocycles. The minimum Gasteiger partial charge on any atom is -0.474 e. The van der Waals surface area contributed by atoms with Crippen LogP contribution < -0.4 is 21.1 Å². The largest absolute Gasteiger partial charge is 0.474 e. The third-order valence-corrected chi connectivity index (χ3v) is 6.11. The van der Waals surface area contributed by atoms with Crippen LogP contribution in [0.15, 0.2) is 24.5 Å². The zero-order valence-electron chi connectivity index (χ0n) is 18.7. The summed E-state index contributed by atoms with van der Waals surface area (Å²) < 4.78 is 40.0. The van der Waals surface area contributed by atoms with Crippen molar-refractivity contribution >= 4 is 34.1 Å². The van der Waals surface area contributed by atoms with Crippen LogP contribution in [0.1, 0.15) is 5.56 Å². The zero-order valence-corrected chi connectivity index (χ0v) is 18.7. The Bertz CT molecular complexity index is 1290. The van der Waals surface area contributed by atoms with E-state index in [1.54, 1.807) is 30.3 Å². The van der Waals surface area contributed by atoms with E-state index < -0.39 is 24.2 Å². The van der Waals surface area contributed by atoms with Gasteiger partial charge in [0, 0.05) is 48.5 Å². The fourth-order valence-electron chi connectivity index (χ4n) is 4.35. The molecule has 3 aromatic rings. The van der Waals surface area contributed by atoms with E-state index >= 15 is 4.39 Å². The summed E-state index contributed by atoms with van der Waals surface area (Å²) >= 11 is 0. The minimum atomic E-state index is -1.25. The van der Waals surface area contributed by atoms with Gasteiger partial charge < -0.3 is 20.5 Å². The second-order valence-corrected chi connectivity index (χ2v) is 8.50. The highest BCUT2D eigenvalue weighted by Gasteiger charge is 2.34. The first-order chi connectivity index (χ1) is 16.3. The molecular weight excluding hydrogens is 446 g/mol. The number of carbonyl (C=O) groups excluding carboxylic acids is 1. The molecule has 11 heteroatoms. The Kier molecular flexibility index (Phi) is 5.56. The Labute approximate surface area is 194 Å². The molecule has 0 unspecified atom stereocenters. The van der Waals surface area contributed by atoms with Crippen molar-refractivity contribution in [2.75, 3.05) is 49.7 Å². The van der Waals surface area contributed by atoms with Gasteiger partial charge in [-0.15, -0.1) is 0 Å². The predicted octanol–water partition coefficient (Wildman–Crippen LogP) is 3.33. The summed E-state index contributed by atoms with van der Waals surface area (Å²) in [6.07, 6.45) is 0.0138. The standard InChI is InChI=1S/C23H24F2N6O3/c1-11-14(7-29-22-21(11)27-3-4-33-22)13-5-12-6-18(28-8-15(12)20(26)19(13)25)30-23(32)34-17-10-31(2)9-16(17)24/h5-8,16-17,27H,3-4,9-10,26H2,1-2H3,(H,28,30,32)/t16-,17-/m0/s1. The smallest absolute Gasteiger partial charge is 0.413 e. The lowest BCUT2D eigenvalue weighted by Gasteiger charge is -2.22. The highest BCUT2D eigenvalue weighted by atomic mass is 19.1. The molecule has 0 spiro atoms. The first kappa shape index (κ1) is 22.1. The molecule has 1 amide bonds. The highest BCUT2D eigenvalue weighted by molar-refractivity contribution is 5.99. The van der Waals surface area contributed by atoms with Crippen LogP contribution in [-0.4, -0.2) is 66.5 Å². The highest BCUT2D eigenvalue weighted by Crippen LogP contribution is 2.39. The van der Waals surface area contributed by atoms with Crippen LogP contribution in [0.5, 0.6) is 5.88 Å². The van der Waals surface area contributed by atoms with Crippen LogP contribution in [0.2, 0.25) is 0 Å². The van der Waals surface area contributed by atoms with Crippen molar-refractivity contribution < 1.29 is 23.0 Å². The van der Waals surface area contributed by atoms with E-state index in [9.17, 15) is 9.18 Å². The van der Waals surface area contributed by atoms with E-state index in [1.807, 2.05) is 6.92 Å². The van der Waals surface area contributed by atoms with Crippen molar-refractivity contribution in [3.8, 4) is 17.0 Å². The van der Waals surface area contributed by atoms with Gasteiger partial charge in [-0.2, -0.15) is 0 Å². The van der Waals surface area contributed by atoms with Crippen molar-refractivity contribution in [1.29, 1.82) is 0 Å². The lowest BCUT2D eigenvalue weighted by molar-refractivity contribution is 0.0791. The molecule has 0 aliphatic carbocycles. The number of ether oxygens (including phenoxy) is 2. The Hall–Kier alpha value is -3.73. The molecule has 34 heavy (non-hydrogen) atoms. The van der Waals surface area contributed by atoms with Crippen LogP contribution >= 0.6 is 0 Å². The molecule has 1 fully saturated rings. The van der Waals surface area contributed by atoms with Crippen LogP contribution in [-0.2, 0) is 4.74 Å². The number of alkyl halides is 1. The summed E-state index contributed by atoms with van der Waals surface area (Å²) in [5.41, 5.74) is 8.35. The minimum absolute atomic E-state index is 0.0651. The number of halogens is 2. The second kappa shape index (κ2) is 8.56. The lowest BCUT2D eigenvalue weighted by Crippen LogP contribution is -2.29. The fraction of sp³-hybridized carbons (Fsp3) is 0.348. The van der Waals surface area contributed by atoms with Crippen LogP contribution in [0.3, 0.4) is 0 Å². The number of amides is 1. The Balaban J connectivity index is 1.46. The molecule has 0 bridgehead atoms. The van der Waals surface area contributed by atoms with Crippen molar-refractivity contribution in [3.63, 3.8) is 0 Å². The zero-order chi connectivity index (χ0) is 24.0. The molecule has 2 aliphatic heterocycles. The summed E-state index contributed by atoms with van der Waals surface area (Å²) in [4.78, 5) is 22.5. The second-order valence-electron chi connectivity index (χ2n) is 8.50. The molecule has 1 saturated heterocycles. The lowest BCUT2D eigenvalue weighted by atomic mass is 9.97. The number of nitrogens with two attached hydrogens (primary N) is 1. The molecule has 2 atom stereocenters. The third kappa shape index (κ3) is 3.92. The maximum Gasteiger partial charge on any atom is 0.413 e. The molecule has 178 valence electrons. The Morgan fingerprint density at radius 1 is 1.29 bits per heavy atom. The van der Waals surface area contributed by atoms with Crippen molar-refractivity contribution in [1.82, 2.24) is 14.9 Å². The quantitative estimate of drug-likeness (QED) is 0.500. The molecule has 2 aromatic heterocycles. The summed E-state index contributed by atoms with van der Waals surface area (Å²) in [7, 11) is 1.75. The molecular formula is C23H24F2N6O3. The number of likely N-dealkylation sites (tertiary alicyclic amines) is 1. The number of nitrogen functional groups attached to an aromatic ring is 1. The average Bonchev–Trinajstić information content (AvgIpc) is 3.13. The first-order valence-electron chi connectivity index (χ1n) is 10.9. The summed E-state index contributed by atoms with van der Waals surface area (Å²) in [5, 5.41) is 6.70. The van der Waals surface area contributed by atoms with Crippen molar-refractivity contribution in [2.24, 2.45) is 0 Å². The average molecular weight is 470 g/mol. The molecule has 9 nitrogen and oxygen atoms in total. The SMILES string of the molecule is Cc1c(-c2cc3cc(NC(=O)O[C@H]4CN(C)C[C@@H]4F)ncc3c(N)c2F)cnc2c1NCCO2. The van der Waals surface area contributed by atoms with Crippen LogP contribution in [0, 0.1) is 12.7 Å². The van der Waals surface area contributed by atoms with Gasteiger partial charge in [0.05, 0.1) is 5.69 Å². The van der Waals surface area contributed by atoms with E-state index in [2.05, 4.69) is 20.6 Å². The van der Waals surface area contributed by atoms with E-state index in [0.29, 0.717) is 47.6 Å². The number of hydrogen-bond donors (Lipinski definition) is 3. The van der Waals surface area contributed by atoms with Gasteiger partial charge in [-0.25, -0.2) is 23.5 Å². The van der Waals surface area contributed by atoms with E-state index in [0.717, 1.165) is 5.56 Å². The molecule has 1 aromatic carbocycles. The van der Waals surface area contributed by atoms with Gasteiger partial charge in [-0.3, -0.25) is 10.2 Å². The van der Waals surface area contributed by atoms with Gasteiger partial charge in [0.25, 0.3) is 0 Å². The number of anilines is 3. The normalized spacial score (nSPS) is 19.9. The van der Waals surface area contributed by atoms with E-state index in [-0.39, 0.29) is 23.6 Å². The summed E-state index contributed by atoms with van der Waals surface area (Å²) in [6.45, 7) is 3.50. The van der Waals surface area contributed by atoms with Crippen LogP contribution in [0.25, 0.3) is 21.9 Å². The molecule has 0 radical (unpaired) electrons. The number of nitrogens with zero attached hydrogens (tertiary/aromatic N) is 3. The Morgan fingerprint density at radius 2 is 2.12 bits per heavy atom. The fourth-order valence-corrected chi connectivity index (χ4v) is 4.35. The number of aromatic nitrogens is 2. The van der Waals surface area contributed by atoms with Gasteiger partial charge in [-0.1, -0.05) is 0 Å². The number of benzene rings is 1. The number of rotatable bonds is 3. The predicted molar refractivity (Wildman–Crippen MR) is 124 cm³/mol. The number of fused-ring (bicyclic) bond motifs is 2. The number of carbonyl (C=O) groups is 1. The van der Waals surface area contributed by atoms with Gasteiger partial charge in [-0.05, 0) is 37.1 Å². The van der Waals surface area contributed by atoms with Gasteiger partial charge in [0.15, 0.2) is 12.0 Å². The number of likely N-dealkylation sites (N-methyl/N-ethyl adjacent to an activating group) is 1. The monoisotopic (exact) mass is 470 g/mol. The Morgan fingerprint density at radius 3 is 2.88 bits per heavy atom. The number of nitrogens with one attached hydrogen (secondary N) is 2. The molecule has 2 aliphatic rings. The summed E-state index contributed by atoms with van der Waals surface area (Å²) in [6, 6.07) is 3.19. The maximum absolute atomic E-state index is 15.3. The van der Waals surface area contributed by atoms with Crippen LogP contribution in [0.4, 0.5) is 30.8 Å². The molecule has 4 N–H and O–H groups in total. The van der Waals surface area contributed by atoms with Crippen molar-refractivity contribution in [2.45, 2.75) is 19.2 Å². The number of hydrogen-bond acceptors (Lipinski definition) is 8. The number of pyridine rings is 2. The van der Waals surface area contributed by atoms with Gasteiger partial charge in [0.1, 0.15) is 24.2 Å². The molecule has 5 rings (SSSR count). The molecule has 0 saturated carbocycles.